The maximum atomic E-state index is 6.86. The average molecular weight is 461 g/mol. The molecule has 0 aliphatic heterocycles. The molecule has 4 aromatic rings. The van der Waals surface area contributed by atoms with E-state index in [9.17, 15) is 0 Å². The van der Waals surface area contributed by atoms with E-state index >= 15 is 0 Å². The average Bonchev–Trinajstić information content (AvgIpc) is 2.75. The summed E-state index contributed by atoms with van der Waals surface area (Å²) in [5.74, 6) is 0. The van der Waals surface area contributed by atoms with Crippen molar-refractivity contribution in [3.05, 3.63) is 108 Å². The minimum Gasteiger partial charge on any atom is -0.119 e. The monoisotopic (exact) mass is 460 g/mol. The summed E-state index contributed by atoms with van der Waals surface area (Å²) in [4.78, 5) is 1.23. The van der Waals surface area contributed by atoms with Crippen LogP contribution < -0.4 is 15.9 Å². The minimum absolute atomic E-state index is 0.0952. The summed E-state index contributed by atoms with van der Waals surface area (Å²) in [7, 11) is -0.716. The van der Waals surface area contributed by atoms with Crippen molar-refractivity contribution in [1.82, 2.24) is 0 Å². The van der Waals surface area contributed by atoms with Crippen LogP contribution in [0.3, 0.4) is 0 Å². The smallest absolute Gasteiger partial charge is 0.0495 e. The second-order valence-corrected chi connectivity index (χ2v) is 12.8. The lowest BCUT2D eigenvalue weighted by Gasteiger charge is -2.25. The van der Waals surface area contributed by atoms with E-state index < -0.39 is 7.92 Å². The van der Waals surface area contributed by atoms with Crippen molar-refractivity contribution in [3.63, 3.8) is 0 Å². The van der Waals surface area contributed by atoms with E-state index in [0.29, 0.717) is 0 Å². The molecule has 0 N–H and O–H groups in total. The molecule has 0 saturated carbocycles. The van der Waals surface area contributed by atoms with Gasteiger partial charge in [0.05, 0.1) is 0 Å². The predicted molar refractivity (Wildman–Crippen MR) is 141 cm³/mol. The van der Waals surface area contributed by atoms with E-state index in [0.717, 1.165) is 10.6 Å². The maximum Gasteiger partial charge on any atom is 0.0495 e. The third kappa shape index (κ3) is 5.24. The van der Waals surface area contributed by atoms with Crippen molar-refractivity contribution in [2.24, 2.45) is 0 Å². The first kappa shape index (κ1) is 22.2. The van der Waals surface area contributed by atoms with Crippen molar-refractivity contribution in [2.45, 2.75) is 30.4 Å². The molecule has 0 radical (unpaired) electrons. The Labute approximate surface area is 196 Å². The van der Waals surface area contributed by atoms with E-state index in [4.69, 9.17) is 11.6 Å². The molecule has 156 valence electrons. The van der Waals surface area contributed by atoms with Gasteiger partial charge in [0.1, 0.15) is 0 Å². The lowest BCUT2D eigenvalue weighted by Crippen LogP contribution is -2.22. The van der Waals surface area contributed by atoms with Crippen molar-refractivity contribution >= 4 is 47.2 Å². The van der Waals surface area contributed by atoms with Gasteiger partial charge >= 0.3 is 0 Å². The number of thioether (sulfide) groups is 1. The van der Waals surface area contributed by atoms with Crippen molar-refractivity contribution < 1.29 is 0 Å². The Balaban J connectivity index is 1.95. The molecule has 0 atom stereocenters. The lowest BCUT2D eigenvalue weighted by atomic mass is 10.1. The van der Waals surface area contributed by atoms with Crippen molar-refractivity contribution in [3.8, 4) is 11.1 Å². The van der Waals surface area contributed by atoms with Gasteiger partial charge in [-0.1, -0.05) is 123 Å². The van der Waals surface area contributed by atoms with Gasteiger partial charge in [0.25, 0.3) is 0 Å². The molecule has 0 bridgehead atoms. The van der Waals surface area contributed by atoms with Crippen LogP contribution in [-0.2, 0) is 0 Å². The molecule has 3 heteroatoms. The second kappa shape index (κ2) is 9.61. The van der Waals surface area contributed by atoms with Gasteiger partial charge in [-0.15, -0.1) is 11.8 Å². The third-order valence-electron chi connectivity index (χ3n) is 4.83. The van der Waals surface area contributed by atoms with Crippen molar-refractivity contribution in [1.29, 1.82) is 0 Å². The molecule has 0 spiro atoms. The SMILES string of the molecule is CC(C)(C)Sc1cccc(Cl)c1-c1ccccc1P(c1ccccc1)c1ccccc1. The van der Waals surface area contributed by atoms with Gasteiger partial charge in [-0.3, -0.25) is 0 Å². The Morgan fingerprint density at radius 2 is 1.19 bits per heavy atom. The van der Waals surface area contributed by atoms with Gasteiger partial charge < -0.3 is 0 Å². The molecule has 0 saturated heterocycles. The largest absolute Gasteiger partial charge is 0.119 e. The summed E-state index contributed by atoms with van der Waals surface area (Å²) in [6.07, 6.45) is 0. The Morgan fingerprint density at radius 1 is 0.645 bits per heavy atom. The van der Waals surface area contributed by atoms with Gasteiger partial charge in [0, 0.05) is 20.2 Å². The van der Waals surface area contributed by atoms with Crippen LogP contribution in [0.5, 0.6) is 0 Å². The molecule has 0 unspecified atom stereocenters. The van der Waals surface area contributed by atoms with E-state index in [1.54, 1.807) is 0 Å². The highest BCUT2D eigenvalue weighted by atomic mass is 35.5. The van der Waals surface area contributed by atoms with Crippen LogP contribution in [0.1, 0.15) is 20.8 Å². The summed E-state index contributed by atoms with van der Waals surface area (Å²) in [5, 5.41) is 4.82. The third-order valence-corrected chi connectivity index (χ3v) is 8.82. The maximum absolute atomic E-state index is 6.86. The van der Waals surface area contributed by atoms with Gasteiger partial charge in [-0.05, 0) is 41.5 Å². The summed E-state index contributed by atoms with van der Waals surface area (Å²) in [5.41, 5.74) is 2.36. The molecule has 0 amide bonds. The first-order chi connectivity index (χ1) is 14.9. The fourth-order valence-corrected chi connectivity index (χ4v) is 7.56. The normalized spacial score (nSPS) is 11.6. The summed E-state index contributed by atoms with van der Waals surface area (Å²) >= 11 is 8.73. The number of rotatable bonds is 5. The zero-order chi connectivity index (χ0) is 21.8. The van der Waals surface area contributed by atoms with E-state index in [2.05, 4.69) is 118 Å². The molecule has 0 fully saturated rings. The topological polar surface area (TPSA) is 0 Å². The first-order valence-electron chi connectivity index (χ1n) is 10.4. The Kier molecular flexibility index (Phi) is 6.87. The molecule has 0 heterocycles. The predicted octanol–water partition coefficient (Wildman–Crippen LogP) is 7.66. The zero-order valence-electron chi connectivity index (χ0n) is 18.0. The fraction of sp³-hybridized carbons (Fsp3) is 0.143. The fourth-order valence-electron chi connectivity index (χ4n) is 3.64. The van der Waals surface area contributed by atoms with Gasteiger partial charge in [-0.2, -0.15) is 0 Å². The molecule has 0 aliphatic carbocycles. The Hall–Kier alpha value is -2.05. The van der Waals surface area contributed by atoms with Crippen LogP contribution in [0.25, 0.3) is 11.1 Å². The summed E-state index contributed by atoms with van der Waals surface area (Å²) < 4.78 is 0.0952. The molecule has 4 rings (SSSR count). The van der Waals surface area contributed by atoms with Gasteiger partial charge in [-0.25, -0.2) is 0 Å². The van der Waals surface area contributed by atoms with Gasteiger partial charge in [0.15, 0.2) is 0 Å². The lowest BCUT2D eigenvalue weighted by molar-refractivity contribution is 0.803. The summed E-state index contributed by atoms with van der Waals surface area (Å²) in [6.45, 7) is 6.74. The number of hydrogen-bond donors (Lipinski definition) is 0. The number of hydrogen-bond acceptors (Lipinski definition) is 1. The van der Waals surface area contributed by atoms with Crippen LogP contribution in [0.2, 0.25) is 5.02 Å². The van der Waals surface area contributed by atoms with Crippen LogP contribution in [-0.4, -0.2) is 4.75 Å². The molecule has 0 nitrogen and oxygen atoms in total. The van der Waals surface area contributed by atoms with Gasteiger partial charge in [0.2, 0.25) is 0 Å². The van der Waals surface area contributed by atoms with Crippen LogP contribution >= 0.6 is 31.3 Å². The minimum atomic E-state index is -0.716. The number of benzene rings is 4. The Morgan fingerprint density at radius 3 is 1.77 bits per heavy atom. The zero-order valence-corrected chi connectivity index (χ0v) is 20.5. The van der Waals surface area contributed by atoms with Crippen LogP contribution in [0.4, 0.5) is 0 Å². The van der Waals surface area contributed by atoms with E-state index in [-0.39, 0.29) is 4.75 Å². The highest BCUT2D eigenvalue weighted by molar-refractivity contribution is 8.00. The standard InChI is InChI=1S/C28H26ClPS/c1-28(2,3)31-26-20-12-18-24(29)27(26)23-17-10-11-19-25(23)30(21-13-6-4-7-14-21)22-15-8-5-9-16-22/h4-20H,1-3H3. The van der Waals surface area contributed by atoms with E-state index in [1.165, 1.54) is 26.4 Å². The molecule has 0 aliphatic rings. The quantitative estimate of drug-likeness (QED) is 0.217. The van der Waals surface area contributed by atoms with Crippen LogP contribution in [0.15, 0.2) is 108 Å². The van der Waals surface area contributed by atoms with E-state index in [1.807, 2.05) is 17.8 Å². The number of halogens is 1. The molecular weight excluding hydrogens is 435 g/mol. The second-order valence-electron chi connectivity index (χ2n) is 8.35. The van der Waals surface area contributed by atoms with Crippen LogP contribution in [0, 0.1) is 0 Å². The Bertz CT molecular complexity index is 1110. The summed E-state index contributed by atoms with van der Waals surface area (Å²) in [6, 6.07) is 36.7. The molecule has 0 aromatic heterocycles. The highest BCUT2D eigenvalue weighted by Gasteiger charge is 2.24. The molecule has 31 heavy (non-hydrogen) atoms. The van der Waals surface area contributed by atoms with Crippen molar-refractivity contribution in [2.75, 3.05) is 0 Å². The highest BCUT2D eigenvalue weighted by Crippen LogP contribution is 2.44. The molecular formula is C28H26ClPS. The molecule has 4 aromatic carbocycles. The first-order valence-corrected chi connectivity index (χ1v) is 12.9.